The first-order valence-corrected chi connectivity index (χ1v) is 7.12. The van der Waals surface area contributed by atoms with Gasteiger partial charge < -0.3 is 14.6 Å². The fraction of sp³-hybridized carbons (Fsp3) is 0.562. The summed E-state index contributed by atoms with van der Waals surface area (Å²) in [6.45, 7) is 5.22. The molecule has 0 amide bonds. The minimum Gasteiger partial charge on any atom is -0.493 e. The quantitative estimate of drug-likeness (QED) is 0.903. The van der Waals surface area contributed by atoms with Gasteiger partial charge in [0.05, 0.1) is 14.2 Å². The third kappa shape index (κ3) is 2.83. The number of carbonyl (C=O) groups is 1. The Balaban J connectivity index is 2.29. The van der Waals surface area contributed by atoms with E-state index < -0.39 is 11.5 Å². The van der Waals surface area contributed by atoms with Crippen molar-refractivity contribution in [2.45, 2.75) is 38.8 Å². The lowest BCUT2D eigenvalue weighted by Crippen LogP contribution is -2.47. The number of methoxy groups -OCH3 is 2. The summed E-state index contributed by atoms with van der Waals surface area (Å²) in [5, 5.41) is 9.49. The summed E-state index contributed by atoms with van der Waals surface area (Å²) in [5.74, 6) is 0.619. The molecular formula is C16H23NO4. The molecule has 1 atom stereocenters. The zero-order chi connectivity index (χ0) is 15.6. The van der Waals surface area contributed by atoms with Gasteiger partial charge in [-0.2, -0.15) is 0 Å². The lowest BCUT2D eigenvalue weighted by atomic mass is 9.98. The molecule has 1 aromatic rings. The smallest absolute Gasteiger partial charge is 0.323 e. The number of likely N-dealkylation sites (tertiary alicyclic amines) is 1. The van der Waals surface area contributed by atoms with Crippen molar-refractivity contribution in [3.63, 3.8) is 0 Å². The molecule has 0 saturated carbocycles. The highest BCUT2D eigenvalue weighted by atomic mass is 16.5. The minimum atomic E-state index is -0.778. The summed E-state index contributed by atoms with van der Waals surface area (Å²) < 4.78 is 10.6. The van der Waals surface area contributed by atoms with Gasteiger partial charge in [-0.25, -0.2) is 0 Å². The second kappa shape index (κ2) is 5.93. The summed E-state index contributed by atoms with van der Waals surface area (Å²) in [4.78, 5) is 13.6. The van der Waals surface area contributed by atoms with Crippen LogP contribution in [0.3, 0.4) is 0 Å². The number of ether oxygens (including phenoxy) is 2. The van der Waals surface area contributed by atoms with E-state index >= 15 is 0 Å². The molecule has 5 heteroatoms. The third-order valence-corrected chi connectivity index (χ3v) is 4.45. The van der Waals surface area contributed by atoms with Gasteiger partial charge in [0.15, 0.2) is 11.5 Å². The molecule has 1 aromatic carbocycles. The number of hydrogen-bond acceptors (Lipinski definition) is 4. The van der Waals surface area contributed by atoms with E-state index in [-0.39, 0.29) is 0 Å². The highest BCUT2D eigenvalue weighted by Crippen LogP contribution is 2.34. The van der Waals surface area contributed by atoms with Crippen LogP contribution in [-0.2, 0) is 11.3 Å². The Labute approximate surface area is 125 Å². The van der Waals surface area contributed by atoms with E-state index in [1.54, 1.807) is 21.1 Å². The van der Waals surface area contributed by atoms with E-state index in [1.165, 1.54) is 0 Å². The zero-order valence-electron chi connectivity index (χ0n) is 13.1. The van der Waals surface area contributed by atoms with Crippen LogP contribution in [0.25, 0.3) is 0 Å². The average Bonchev–Trinajstić information content (AvgIpc) is 2.83. The van der Waals surface area contributed by atoms with E-state index in [0.29, 0.717) is 24.5 Å². The molecule has 1 N–H and O–H groups in total. The Hall–Kier alpha value is -1.75. The summed E-state index contributed by atoms with van der Waals surface area (Å²) in [6, 6.07) is 3.87. The van der Waals surface area contributed by atoms with Gasteiger partial charge in [0.25, 0.3) is 0 Å². The fourth-order valence-electron chi connectivity index (χ4n) is 2.91. The number of carboxylic acids is 1. The molecule has 1 fully saturated rings. The predicted octanol–water partition coefficient (Wildman–Crippen LogP) is 2.45. The van der Waals surface area contributed by atoms with Gasteiger partial charge in [-0.05, 0) is 56.5 Å². The first-order valence-electron chi connectivity index (χ1n) is 7.12. The SMILES string of the molecule is COc1cc(C)c(CN2CCCC2(C)C(=O)O)cc1OC. The monoisotopic (exact) mass is 293 g/mol. The molecule has 0 bridgehead atoms. The topological polar surface area (TPSA) is 59.0 Å². The Bertz CT molecular complexity index is 543. The van der Waals surface area contributed by atoms with Gasteiger partial charge in [-0.1, -0.05) is 0 Å². The van der Waals surface area contributed by atoms with E-state index in [4.69, 9.17) is 9.47 Å². The maximum absolute atomic E-state index is 11.5. The van der Waals surface area contributed by atoms with Gasteiger partial charge in [-0.3, -0.25) is 9.69 Å². The lowest BCUT2D eigenvalue weighted by molar-refractivity contribution is -0.148. The molecule has 1 aliphatic rings. The van der Waals surface area contributed by atoms with Crippen molar-refractivity contribution in [3.8, 4) is 11.5 Å². The number of hydrogen-bond donors (Lipinski definition) is 1. The summed E-state index contributed by atoms with van der Waals surface area (Å²) in [6.07, 6.45) is 1.60. The molecule has 1 saturated heterocycles. The van der Waals surface area contributed by atoms with Gasteiger partial charge in [0, 0.05) is 6.54 Å². The number of carboxylic acid groups (broad SMARTS) is 1. The number of aliphatic carboxylic acids is 1. The largest absolute Gasteiger partial charge is 0.493 e. The normalized spacial score (nSPS) is 22.3. The van der Waals surface area contributed by atoms with Crippen LogP contribution in [0.15, 0.2) is 12.1 Å². The highest BCUT2D eigenvalue weighted by molar-refractivity contribution is 5.78. The molecule has 0 aromatic heterocycles. The standard InChI is InChI=1S/C16H23NO4/c1-11-8-13(20-3)14(21-4)9-12(11)10-17-7-5-6-16(17,2)15(18)19/h8-9H,5-7,10H2,1-4H3,(H,18,19). The van der Waals surface area contributed by atoms with Crippen LogP contribution in [0, 0.1) is 6.92 Å². The molecule has 1 aliphatic heterocycles. The van der Waals surface area contributed by atoms with Crippen LogP contribution in [-0.4, -0.2) is 42.3 Å². The summed E-state index contributed by atoms with van der Waals surface area (Å²) >= 11 is 0. The zero-order valence-corrected chi connectivity index (χ0v) is 13.1. The Morgan fingerprint density at radius 2 is 1.95 bits per heavy atom. The first-order chi connectivity index (χ1) is 9.92. The molecule has 0 spiro atoms. The third-order valence-electron chi connectivity index (χ3n) is 4.45. The van der Waals surface area contributed by atoms with Crippen molar-refractivity contribution in [2.75, 3.05) is 20.8 Å². The van der Waals surface area contributed by atoms with Gasteiger partial charge in [-0.15, -0.1) is 0 Å². The van der Waals surface area contributed by atoms with Crippen LogP contribution in [0.4, 0.5) is 0 Å². The maximum atomic E-state index is 11.5. The van der Waals surface area contributed by atoms with E-state index in [0.717, 1.165) is 24.1 Å². The van der Waals surface area contributed by atoms with Crippen molar-refractivity contribution in [1.29, 1.82) is 0 Å². The van der Waals surface area contributed by atoms with Crippen molar-refractivity contribution < 1.29 is 19.4 Å². The van der Waals surface area contributed by atoms with Crippen LogP contribution in [0.1, 0.15) is 30.9 Å². The maximum Gasteiger partial charge on any atom is 0.323 e. The molecule has 0 aliphatic carbocycles. The van der Waals surface area contributed by atoms with Gasteiger partial charge >= 0.3 is 5.97 Å². The minimum absolute atomic E-state index is 0.606. The molecule has 0 radical (unpaired) electrons. The van der Waals surface area contributed by atoms with Crippen LogP contribution in [0.5, 0.6) is 11.5 Å². The van der Waals surface area contributed by atoms with Gasteiger partial charge in [0.2, 0.25) is 0 Å². The summed E-state index contributed by atoms with van der Waals surface area (Å²) in [5.41, 5.74) is 1.37. The van der Waals surface area contributed by atoms with Gasteiger partial charge in [0.1, 0.15) is 5.54 Å². The second-order valence-corrected chi connectivity index (χ2v) is 5.74. The lowest BCUT2D eigenvalue weighted by Gasteiger charge is -2.31. The molecule has 5 nitrogen and oxygen atoms in total. The van der Waals surface area contributed by atoms with Crippen LogP contribution in [0.2, 0.25) is 0 Å². The molecule has 1 unspecified atom stereocenters. The number of benzene rings is 1. The number of aryl methyl sites for hydroxylation is 1. The van der Waals surface area contributed by atoms with Crippen molar-refractivity contribution in [3.05, 3.63) is 23.3 Å². The second-order valence-electron chi connectivity index (χ2n) is 5.74. The summed E-state index contributed by atoms with van der Waals surface area (Å²) in [7, 11) is 3.22. The molecule has 116 valence electrons. The molecule has 2 rings (SSSR count). The molecule has 1 heterocycles. The van der Waals surface area contributed by atoms with Crippen LogP contribution < -0.4 is 9.47 Å². The van der Waals surface area contributed by atoms with E-state index in [9.17, 15) is 9.90 Å². The number of rotatable bonds is 5. The average molecular weight is 293 g/mol. The van der Waals surface area contributed by atoms with Crippen molar-refractivity contribution in [1.82, 2.24) is 4.90 Å². The van der Waals surface area contributed by atoms with E-state index in [1.807, 2.05) is 24.0 Å². The predicted molar refractivity (Wildman–Crippen MR) is 80.0 cm³/mol. The van der Waals surface area contributed by atoms with Crippen molar-refractivity contribution >= 4 is 5.97 Å². The fourth-order valence-corrected chi connectivity index (χ4v) is 2.91. The van der Waals surface area contributed by atoms with Crippen molar-refractivity contribution in [2.24, 2.45) is 0 Å². The number of nitrogens with zero attached hydrogens (tertiary/aromatic N) is 1. The Morgan fingerprint density at radius 3 is 2.52 bits per heavy atom. The Morgan fingerprint density at radius 1 is 1.33 bits per heavy atom. The van der Waals surface area contributed by atoms with Crippen LogP contribution >= 0.6 is 0 Å². The first kappa shape index (κ1) is 15.6. The molecular weight excluding hydrogens is 270 g/mol. The van der Waals surface area contributed by atoms with E-state index in [2.05, 4.69) is 0 Å². The highest BCUT2D eigenvalue weighted by Gasteiger charge is 2.43. The Kier molecular flexibility index (Phi) is 4.42. The molecule has 21 heavy (non-hydrogen) atoms.